The molecule has 0 saturated carbocycles. The van der Waals surface area contributed by atoms with Crippen LogP contribution < -0.4 is 5.32 Å². The third-order valence-electron chi connectivity index (χ3n) is 4.40. The van der Waals surface area contributed by atoms with Crippen molar-refractivity contribution < 1.29 is 14.3 Å². The average molecular weight is 333 g/mol. The Hall–Kier alpha value is -1.84. The summed E-state index contributed by atoms with van der Waals surface area (Å²) in [5, 5.41) is 2.76. The van der Waals surface area contributed by atoms with Gasteiger partial charge in [0.2, 0.25) is 5.91 Å². The summed E-state index contributed by atoms with van der Waals surface area (Å²) in [4.78, 5) is 22.9. The molecular weight excluding hydrogens is 302 g/mol. The van der Waals surface area contributed by atoms with Crippen molar-refractivity contribution in [3.8, 4) is 0 Å². The molecule has 0 heterocycles. The smallest absolute Gasteiger partial charge is 0.306 e. The Morgan fingerprint density at radius 1 is 1.12 bits per heavy atom. The van der Waals surface area contributed by atoms with E-state index in [4.69, 9.17) is 4.74 Å². The highest BCUT2D eigenvalue weighted by molar-refractivity contribution is 5.72. The van der Waals surface area contributed by atoms with Crippen LogP contribution >= 0.6 is 0 Å². The van der Waals surface area contributed by atoms with Gasteiger partial charge < -0.3 is 10.1 Å². The van der Waals surface area contributed by atoms with Crippen molar-refractivity contribution in [2.75, 3.05) is 6.54 Å². The van der Waals surface area contributed by atoms with Crippen LogP contribution in [-0.2, 0) is 19.7 Å². The molecule has 0 aliphatic rings. The zero-order valence-corrected chi connectivity index (χ0v) is 15.4. The molecule has 0 aliphatic heterocycles. The maximum absolute atomic E-state index is 12.1. The lowest BCUT2D eigenvalue weighted by Crippen LogP contribution is -2.37. The van der Waals surface area contributed by atoms with Gasteiger partial charge in [-0.1, -0.05) is 57.5 Å². The van der Waals surface area contributed by atoms with Crippen molar-refractivity contribution >= 4 is 11.9 Å². The van der Waals surface area contributed by atoms with Gasteiger partial charge in [0.05, 0.1) is 0 Å². The van der Waals surface area contributed by atoms with E-state index in [1.165, 1.54) is 12.5 Å². The molecule has 1 rings (SSSR count). The number of carbonyl (C=O) groups excluding carboxylic acids is 2. The van der Waals surface area contributed by atoms with Crippen molar-refractivity contribution in [1.82, 2.24) is 5.32 Å². The molecule has 1 amide bonds. The van der Waals surface area contributed by atoms with E-state index in [-0.39, 0.29) is 23.4 Å². The SMILES string of the molecule is CCC(OC(=O)CCCCCNC(C)=O)C(C)(C)c1ccccc1. The van der Waals surface area contributed by atoms with Crippen molar-refractivity contribution in [1.29, 1.82) is 0 Å². The van der Waals surface area contributed by atoms with E-state index < -0.39 is 0 Å². The fourth-order valence-corrected chi connectivity index (χ4v) is 2.85. The van der Waals surface area contributed by atoms with E-state index in [1.807, 2.05) is 18.2 Å². The minimum absolute atomic E-state index is 0.0108. The first-order valence-corrected chi connectivity index (χ1v) is 8.87. The quantitative estimate of drug-likeness (QED) is 0.520. The Labute approximate surface area is 146 Å². The van der Waals surface area contributed by atoms with Gasteiger partial charge in [-0.25, -0.2) is 0 Å². The number of carbonyl (C=O) groups is 2. The van der Waals surface area contributed by atoms with Crippen LogP contribution in [0.4, 0.5) is 0 Å². The summed E-state index contributed by atoms with van der Waals surface area (Å²) in [7, 11) is 0. The topological polar surface area (TPSA) is 55.4 Å². The molecule has 24 heavy (non-hydrogen) atoms. The summed E-state index contributed by atoms with van der Waals surface area (Å²) < 4.78 is 5.75. The lowest BCUT2D eigenvalue weighted by atomic mass is 9.78. The number of rotatable bonds is 10. The zero-order chi connectivity index (χ0) is 18.0. The number of unbranched alkanes of at least 4 members (excludes halogenated alkanes) is 2. The van der Waals surface area contributed by atoms with Crippen molar-refractivity contribution in [2.24, 2.45) is 0 Å². The van der Waals surface area contributed by atoms with Crippen LogP contribution in [0.1, 0.15) is 65.4 Å². The summed E-state index contributed by atoms with van der Waals surface area (Å²) in [5.41, 5.74) is 0.969. The lowest BCUT2D eigenvalue weighted by Gasteiger charge is -2.34. The zero-order valence-electron chi connectivity index (χ0n) is 15.4. The summed E-state index contributed by atoms with van der Waals surface area (Å²) in [6.45, 7) is 8.48. The van der Waals surface area contributed by atoms with E-state index in [9.17, 15) is 9.59 Å². The summed E-state index contributed by atoms with van der Waals surface area (Å²) in [5.74, 6) is -0.145. The normalized spacial score (nSPS) is 12.5. The second-order valence-corrected chi connectivity index (χ2v) is 6.77. The predicted molar refractivity (Wildman–Crippen MR) is 96.8 cm³/mol. The van der Waals surface area contributed by atoms with E-state index in [0.717, 1.165) is 25.7 Å². The molecule has 0 aliphatic carbocycles. The molecule has 1 unspecified atom stereocenters. The largest absolute Gasteiger partial charge is 0.461 e. The Bertz CT molecular complexity index is 511. The maximum Gasteiger partial charge on any atom is 0.306 e. The van der Waals surface area contributed by atoms with Crippen molar-refractivity contribution in [3.63, 3.8) is 0 Å². The van der Waals surface area contributed by atoms with Gasteiger partial charge in [-0.3, -0.25) is 9.59 Å². The Balaban J connectivity index is 2.41. The van der Waals surface area contributed by atoms with E-state index in [1.54, 1.807) is 0 Å². The van der Waals surface area contributed by atoms with Gasteiger partial charge in [-0.15, -0.1) is 0 Å². The summed E-state index contributed by atoms with van der Waals surface area (Å²) >= 11 is 0. The van der Waals surface area contributed by atoms with Crippen molar-refractivity contribution in [2.45, 2.75) is 71.3 Å². The lowest BCUT2D eigenvalue weighted by molar-refractivity contribution is -0.152. The fraction of sp³-hybridized carbons (Fsp3) is 0.600. The molecule has 4 heteroatoms. The monoisotopic (exact) mass is 333 g/mol. The van der Waals surface area contributed by atoms with Crippen LogP contribution in [0.25, 0.3) is 0 Å². The molecule has 0 bridgehead atoms. The van der Waals surface area contributed by atoms with E-state index in [0.29, 0.717) is 13.0 Å². The average Bonchev–Trinajstić information content (AvgIpc) is 2.56. The van der Waals surface area contributed by atoms with Gasteiger partial charge in [-0.05, 0) is 24.8 Å². The molecule has 0 fully saturated rings. The van der Waals surface area contributed by atoms with Crippen LogP contribution in [0.2, 0.25) is 0 Å². The van der Waals surface area contributed by atoms with Crippen LogP contribution in [0.5, 0.6) is 0 Å². The minimum atomic E-state index is -0.211. The number of esters is 1. The highest BCUT2D eigenvalue weighted by Gasteiger charge is 2.32. The molecule has 1 aromatic carbocycles. The van der Waals surface area contributed by atoms with Crippen LogP contribution in [0.15, 0.2) is 30.3 Å². The molecule has 1 atom stereocenters. The Morgan fingerprint density at radius 2 is 1.79 bits per heavy atom. The number of benzene rings is 1. The number of hydrogen-bond donors (Lipinski definition) is 1. The van der Waals surface area contributed by atoms with E-state index >= 15 is 0 Å². The maximum atomic E-state index is 12.1. The molecule has 134 valence electrons. The van der Waals surface area contributed by atoms with Gasteiger partial charge in [0.25, 0.3) is 0 Å². The summed E-state index contributed by atoms with van der Waals surface area (Å²) in [6, 6.07) is 10.2. The van der Waals surface area contributed by atoms with Gasteiger partial charge in [-0.2, -0.15) is 0 Å². The second-order valence-electron chi connectivity index (χ2n) is 6.77. The third-order valence-corrected chi connectivity index (χ3v) is 4.40. The van der Waals surface area contributed by atoms with Gasteiger partial charge in [0.1, 0.15) is 6.10 Å². The molecule has 0 aromatic heterocycles. The number of hydrogen-bond acceptors (Lipinski definition) is 3. The van der Waals surface area contributed by atoms with Crippen LogP contribution in [0, 0.1) is 0 Å². The van der Waals surface area contributed by atoms with E-state index in [2.05, 4.69) is 38.2 Å². The van der Waals surface area contributed by atoms with Gasteiger partial charge in [0, 0.05) is 25.3 Å². The summed E-state index contributed by atoms with van der Waals surface area (Å²) in [6.07, 6.45) is 3.68. The van der Waals surface area contributed by atoms with Gasteiger partial charge in [0.15, 0.2) is 0 Å². The Kier molecular flexibility index (Phi) is 8.51. The molecule has 0 saturated heterocycles. The van der Waals surface area contributed by atoms with Crippen LogP contribution in [-0.4, -0.2) is 24.5 Å². The highest BCUT2D eigenvalue weighted by atomic mass is 16.5. The van der Waals surface area contributed by atoms with Gasteiger partial charge >= 0.3 is 5.97 Å². The molecule has 0 spiro atoms. The number of ether oxygens (including phenoxy) is 1. The minimum Gasteiger partial charge on any atom is -0.461 e. The third kappa shape index (κ3) is 6.73. The van der Waals surface area contributed by atoms with Crippen LogP contribution in [0.3, 0.4) is 0 Å². The number of nitrogens with one attached hydrogen (secondary N) is 1. The predicted octanol–water partition coefficient (Wildman–Crippen LogP) is 3.98. The second kappa shape index (κ2) is 10.1. The first-order valence-electron chi connectivity index (χ1n) is 8.87. The first kappa shape index (κ1) is 20.2. The molecule has 1 aromatic rings. The molecule has 4 nitrogen and oxygen atoms in total. The first-order chi connectivity index (χ1) is 11.4. The fourth-order valence-electron chi connectivity index (χ4n) is 2.85. The Morgan fingerprint density at radius 3 is 2.38 bits per heavy atom. The number of amides is 1. The molecular formula is C20H31NO3. The van der Waals surface area contributed by atoms with Crippen molar-refractivity contribution in [3.05, 3.63) is 35.9 Å². The molecule has 0 radical (unpaired) electrons. The highest BCUT2D eigenvalue weighted by Crippen LogP contribution is 2.31. The molecule has 1 N–H and O–H groups in total. The standard InChI is InChI=1S/C20H31NO3/c1-5-18(20(3,4)17-12-8-6-9-13-17)24-19(23)14-10-7-11-15-21-16(2)22/h6,8-9,12-13,18H,5,7,10-11,14-15H2,1-4H3,(H,21,22).